The van der Waals surface area contributed by atoms with Crippen molar-refractivity contribution < 1.29 is 13.6 Å². The summed E-state index contributed by atoms with van der Waals surface area (Å²) in [5, 5.41) is -0.133. The van der Waals surface area contributed by atoms with Gasteiger partial charge in [0.25, 0.3) is 5.91 Å². The fraction of sp³-hybridized carbons (Fsp3) is 0.375. The highest BCUT2D eigenvalue weighted by Crippen LogP contribution is 2.36. The van der Waals surface area contributed by atoms with Crippen molar-refractivity contribution in [1.82, 2.24) is 9.88 Å². The first-order valence-electron chi connectivity index (χ1n) is 7.32. The molecule has 1 aliphatic rings. The highest BCUT2D eigenvalue weighted by Gasteiger charge is 2.26. The van der Waals surface area contributed by atoms with Gasteiger partial charge in [-0.05, 0) is 31.5 Å². The lowest BCUT2D eigenvalue weighted by Gasteiger charge is -2.20. The van der Waals surface area contributed by atoms with Gasteiger partial charge in [0.2, 0.25) is 0 Å². The molecular weight excluding hydrogens is 338 g/mol. The summed E-state index contributed by atoms with van der Waals surface area (Å²) >= 11 is 2.91. The van der Waals surface area contributed by atoms with Gasteiger partial charge in [0.15, 0.2) is 0 Å². The first-order valence-corrected chi connectivity index (χ1v) is 9.25. The lowest BCUT2D eigenvalue weighted by atomic mass is 10.1. The number of thioether (sulfide) groups is 1. The van der Waals surface area contributed by atoms with Gasteiger partial charge in [0.05, 0.1) is 11.2 Å². The Balaban J connectivity index is 1.73. The predicted molar refractivity (Wildman–Crippen MR) is 88.9 cm³/mol. The van der Waals surface area contributed by atoms with Crippen LogP contribution in [0, 0.1) is 18.6 Å². The topological polar surface area (TPSA) is 33.2 Å². The molecule has 23 heavy (non-hydrogen) atoms. The molecule has 1 unspecified atom stereocenters. The fourth-order valence-corrected chi connectivity index (χ4v) is 4.65. The highest BCUT2D eigenvalue weighted by atomic mass is 32.2. The smallest absolute Gasteiger partial charge is 0.265 e. The zero-order valence-corrected chi connectivity index (χ0v) is 14.2. The lowest BCUT2D eigenvalue weighted by Crippen LogP contribution is -2.32. The van der Waals surface area contributed by atoms with E-state index in [0.29, 0.717) is 35.7 Å². The third kappa shape index (κ3) is 3.55. The molecule has 0 saturated carbocycles. The van der Waals surface area contributed by atoms with Crippen LogP contribution in [-0.4, -0.2) is 34.6 Å². The molecule has 2 heterocycles. The Hall–Kier alpha value is -1.47. The van der Waals surface area contributed by atoms with Crippen molar-refractivity contribution in [1.29, 1.82) is 0 Å². The van der Waals surface area contributed by atoms with Crippen molar-refractivity contribution in [2.75, 3.05) is 18.8 Å². The van der Waals surface area contributed by atoms with Gasteiger partial charge < -0.3 is 4.90 Å². The van der Waals surface area contributed by atoms with E-state index in [1.165, 1.54) is 23.5 Å². The van der Waals surface area contributed by atoms with Crippen molar-refractivity contribution in [2.45, 2.75) is 18.6 Å². The molecule has 1 fully saturated rings. The van der Waals surface area contributed by atoms with Crippen LogP contribution in [0.25, 0.3) is 0 Å². The van der Waals surface area contributed by atoms with Gasteiger partial charge in [-0.2, -0.15) is 11.8 Å². The number of carbonyl (C=O) groups is 1. The summed E-state index contributed by atoms with van der Waals surface area (Å²) < 4.78 is 27.3. The Morgan fingerprint density at radius 2 is 2.17 bits per heavy atom. The molecule has 0 aliphatic carbocycles. The number of nitrogens with zero attached hydrogens (tertiary/aromatic N) is 2. The van der Waals surface area contributed by atoms with Crippen LogP contribution in [0.2, 0.25) is 0 Å². The number of rotatable bonds is 2. The van der Waals surface area contributed by atoms with Crippen LogP contribution >= 0.6 is 23.1 Å². The second kappa shape index (κ2) is 6.97. The molecular formula is C16H16F2N2OS2. The van der Waals surface area contributed by atoms with Gasteiger partial charge in [-0.3, -0.25) is 4.79 Å². The van der Waals surface area contributed by atoms with E-state index in [1.807, 2.05) is 6.92 Å². The van der Waals surface area contributed by atoms with E-state index in [9.17, 15) is 13.6 Å². The molecule has 2 aromatic rings. The lowest BCUT2D eigenvalue weighted by molar-refractivity contribution is 0.0770. The van der Waals surface area contributed by atoms with Crippen molar-refractivity contribution in [3.63, 3.8) is 0 Å². The highest BCUT2D eigenvalue weighted by molar-refractivity contribution is 7.99. The van der Waals surface area contributed by atoms with E-state index in [1.54, 1.807) is 22.2 Å². The maximum absolute atomic E-state index is 14.0. The minimum absolute atomic E-state index is 0.0223. The Morgan fingerprint density at radius 3 is 2.91 bits per heavy atom. The van der Waals surface area contributed by atoms with E-state index < -0.39 is 5.82 Å². The number of benzene rings is 1. The average Bonchev–Trinajstić information content (AvgIpc) is 2.82. The quantitative estimate of drug-likeness (QED) is 0.816. The van der Waals surface area contributed by atoms with Gasteiger partial charge in [-0.15, -0.1) is 11.3 Å². The first kappa shape index (κ1) is 16.4. The summed E-state index contributed by atoms with van der Waals surface area (Å²) in [4.78, 5) is 19.1. The minimum atomic E-state index is -0.431. The summed E-state index contributed by atoms with van der Waals surface area (Å²) in [5.74, 6) is -0.142. The van der Waals surface area contributed by atoms with Crippen LogP contribution in [0.5, 0.6) is 0 Å². The number of aromatic nitrogens is 1. The molecule has 3 nitrogen and oxygen atoms in total. The number of thiazole rings is 1. The number of aryl methyl sites for hydroxylation is 1. The number of amides is 1. The van der Waals surface area contributed by atoms with Gasteiger partial charge in [-0.1, -0.05) is 0 Å². The van der Waals surface area contributed by atoms with Crippen molar-refractivity contribution in [2.24, 2.45) is 0 Å². The van der Waals surface area contributed by atoms with E-state index in [0.717, 1.165) is 11.8 Å². The first-order chi connectivity index (χ1) is 11.1. The molecule has 0 spiro atoms. The Kier molecular flexibility index (Phi) is 4.96. The monoisotopic (exact) mass is 354 g/mol. The van der Waals surface area contributed by atoms with Crippen molar-refractivity contribution in [3.05, 3.63) is 51.5 Å². The Labute approximate surface area is 141 Å². The molecule has 7 heteroatoms. The predicted octanol–water partition coefficient (Wildman–Crippen LogP) is 4.05. The molecule has 0 N–H and O–H groups in total. The van der Waals surface area contributed by atoms with Gasteiger partial charge in [-0.25, -0.2) is 13.8 Å². The number of halogens is 2. The van der Waals surface area contributed by atoms with E-state index in [-0.39, 0.29) is 17.0 Å². The Bertz CT molecular complexity index is 720. The molecule has 0 radical (unpaired) electrons. The van der Waals surface area contributed by atoms with Crippen LogP contribution in [-0.2, 0) is 0 Å². The third-order valence-electron chi connectivity index (χ3n) is 3.87. The summed E-state index contributed by atoms with van der Waals surface area (Å²) in [6.07, 6.45) is 0.606. The third-order valence-corrected chi connectivity index (χ3v) is 6.10. The number of carbonyl (C=O) groups excluding carboxylic acids is 1. The molecule has 1 aromatic carbocycles. The molecule has 1 aliphatic heterocycles. The van der Waals surface area contributed by atoms with Crippen LogP contribution in [0.4, 0.5) is 8.78 Å². The summed E-state index contributed by atoms with van der Waals surface area (Å²) in [6.45, 7) is 2.96. The molecule has 3 rings (SSSR count). The van der Waals surface area contributed by atoms with Gasteiger partial charge in [0, 0.05) is 29.7 Å². The summed E-state index contributed by atoms with van der Waals surface area (Å²) in [5.41, 5.74) is 2.79. The zero-order valence-electron chi connectivity index (χ0n) is 12.6. The van der Waals surface area contributed by atoms with Crippen LogP contribution in [0.3, 0.4) is 0 Å². The van der Waals surface area contributed by atoms with Crippen molar-refractivity contribution >= 4 is 29.0 Å². The van der Waals surface area contributed by atoms with Crippen LogP contribution in [0.1, 0.15) is 32.6 Å². The summed E-state index contributed by atoms with van der Waals surface area (Å²) in [6, 6.07) is 3.56. The molecule has 0 bridgehead atoms. The van der Waals surface area contributed by atoms with Crippen molar-refractivity contribution in [3.8, 4) is 0 Å². The Morgan fingerprint density at radius 1 is 1.35 bits per heavy atom. The van der Waals surface area contributed by atoms with Gasteiger partial charge >= 0.3 is 0 Å². The fourth-order valence-electron chi connectivity index (χ4n) is 2.63. The van der Waals surface area contributed by atoms with Gasteiger partial charge in [0.1, 0.15) is 16.5 Å². The largest absolute Gasteiger partial charge is 0.337 e. The molecule has 1 amide bonds. The van der Waals surface area contributed by atoms with E-state index >= 15 is 0 Å². The maximum Gasteiger partial charge on any atom is 0.265 e. The van der Waals surface area contributed by atoms with E-state index in [4.69, 9.17) is 0 Å². The van der Waals surface area contributed by atoms with Crippen LogP contribution in [0.15, 0.2) is 23.7 Å². The number of hydrogen-bond acceptors (Lipinski definition) is 4. The molecule has 122 valence electrons. The van der Waals surface area contributed by atoms with Crippen LogP contribution < -0.4 is 0 Å². The molecule has 1 atom stereocenters. The molecule has 1 saturated heterocycles. The SMILES string of the molecule is Cc1ncsc1C(=O)N1CCSC(c2cc(F)ccc2F)CC1. The average molecular weight is 354 g/mol. The number of hydrogen-bond donors (Lipinski definition) is 0. The minimum Gasteiger partial charge on any atom is -0.337 e. The second-order valence-corrected chi connectivity index (χ2v) is 7.54. The molecule has 1 aromatic heterocycles. The van der Waals surface area contributed by atoms with E-state index in [2.05, 4.69) is 4.98 Å². The maximum atomic E-state index is 14.0. The normalized spacial score (nSPS) is 18.7. The standard InChI is InChI=1S/C16H16F2N2OS2/c1-10-15(23-9-19-10)16(21)20-5-4-14(22-7-6-20)12-8-11(17)2-3-13(12)18/h2-3,8-9,14H,4-7H2,1H3. The zero-order chi connectivity index (χ0) is 16.4. The summed E-state index contributed by atoms with van der Waals surface area (Å²) in [7, 11) is 0. The second-order valence-electron chi connectivity index (χ2n) is 5.37.